The molecule has 0 aliphatic rings. The molecule has 0 aliphatic carbocycles. The number of ether oxygens (including phenoxy) is 1. The van der Waals surface area contributed by atoms with E-state index < -0.39 is 10.0 Å². The van der Waals surface area contributed by atoms with Gasteiger partial charge in [-0.25, -0.2) is 8.42 Å². The molecule has 0 saturated carbocycles. The number of tetrazole rings is 1. The van der Waals surface area contributed by atoms with Gasteiger partial charge in [0.1, 0.15) is 5.75 Å². The molecule has 3 rings (SSSR count). The number of nitrogens with one attached hydrogen (secondary N) is 1. The van der Waals surface area contributed by atoms with Crippen LogP contribution in [0.4, 0.5) is 0 Å². The molecule has 1 heterocycles. The highest BCUT2D eigenvalue weighted by molar-refractivity contribution is 7.89. The summed E-state index contributed by atoms with van der Waals surface area (Å²) in [5, 5.41) is 14.4. The van der Waals surface area contributed by atoms with E-state index in [0.717, 1.165) is 11.4 Å². The molecule has 0 aliphatic heterocycles. The van der Waals surface area contributed by atoms with Crippen LogP contribution in [0.3, 0.4) is 0 Å². The van der Waals surface area contributed by atoms with Gasteiger partial charge in [0.2, 0.25) is 10.0 Å². The summed E-state index contributed by atoms with van der Waals surface area (Å²) in [6.07, 6.45) is 0. The number of aromatic nitrogens is 4. The fourth-order valence-corrected chi connectivity index (χ4v) is 4.58. The van der Waals surface area contributed by atoms with Gasteiger partial charge in [-0.2, -0.15) is 8.99 Å². The minimum absolute atomic E-state index is 0.0958. The van der Waals surface area contributed by atoms with Gasteiger partial charge in [-0.1, -0.05) is 13.8 Å². The van der Waals surface area contributed by atoms with E-state index in [1.807, 2.05) is 31.2 Å². The molecule has 0 atom stereocenters. The molecule has 32 heavy (non-hydrogen) atoms. The lowest BCUT2D eigenvalue weighted by atomic mass is 10.2. The summed E-state index contributed by atoms with van der Waals surface area (Å²) in [5.74, 6) is 0.826. The van der Waals surface area contributed by atoms with Crippen molar-refractivity contribution in [3.8, 4) is 11.4 Å². The minimum atomic E-state index is -3.57. The van der Waals surface area contributed by atoms with Gasteiger partial charge in [0, 0.05) is 18.7 Å². The van der Waals surface area contributed by atoms with E-state index in [9.17, 15) is 13.2 Å². The summed E-state index contributed by atoms with van der Waals surface area (Å²) < 4.78 is 33.5. The van der Waals surface area contributed by atoms with Gasteiger partial charge in [0.05, 0.1) is 23.7 Å². The Bertz CT molecular complexity index is 1140. The van der Waals surface area contributed by atoms with E-state index in [1.165, 1.54) is 33.3 Å². The van der Waals surface area contributed by atoms with Crippen LogP contribution in [0.15, 0.2) is 53.4 Å². The molecule has 1 aromatic heterocycles. The Morgan fingerprint density at radius 2 is 1.69 bits per heavy atom. The highest BCUT2D eigenvalue weighted by Gasteiger charge is 2.21. The fourth-order valence-electron chi connectivity index (χ4n) is 3.12. The van der Waals surface area contributed by atoms with Crippen LogP contribution in [0.5, 0.6) is 5.75 Å². The van der Waals surface area contributed by atoms with E-state index in [4.69, 9.17) is 4.74 Å². The third kappa shape index (κ3) is 5.11. The number of rotatable bonds is 10. The first-order chi connectivity index (χ1) is 15.4. The monoisotopic (exact) mass is 458 g/mol. The molecule has 0 bridgehead atoms. The average Bonchev–Trinajstić information content (AvgIpc) is 3.27. The molecule has 0 saturated heterocycles. The topological polar surface area (TPSA) is 119 Å². The zero-order valence-corrected chi connectivity index (χ0v) is 19.0. The van der Waals surface area contributed by atoms with Crippen molar-refractivity contribution >= 4 is 15.9 Å². The summed E-state index contributed by atoms with van der Waals surface area (Å²) in [6.45, 7) is 6.90. The average molecular weight is 459 g/mol. The molecular weight excluding hydrogens is 432 g/mol. The van der Waals surface area contributed by atoms with Crippen LogP contribution in [0.1, 0.15) is 37.0 Å². The first kappa shape index (κ1) is 23.4. The summed E-state index contributed by atoms with van der Waals surface area (Å²) >= 11 is 0. The molecule has 2 aromatic carbocycles. The van der Waals surface area contributed by atoms with Gasteiger partial charge >= 0.3 is 0 Å². The van der Waals surface area contributed by atoms with Crippen LogP contribution in [0, 0.1) is 0 Å². The van der Waals surface area contributed by atoms with Crippen LogP contribution < -0.4 is 10.1 Å². The van der Waals surface area contributed by atoms with Crippen LogP contribution in [0.2, 0.25) is 0 Å². The van der Waals surface area contributed by atoms with E-state index >= 15 is 0 Å². The predicted molar refractivity (Wildman–Crippen MR) is 118 cm³/mol. The third-order valence-corrected chi connectivity index (χ3v) is 6.86. The Balaban J connectivity index is 1.67. The summed E-state index contributed by atoms with van der Waals surface area (Å²) in [7, 11) is -3.57. The van der Waals surface area contributed by atoms with E-state index in [0.29, 0.717) is 31.1 Å². The van der Waals surface area contributed by atoms with Gasteiger partial charge in [-0.15, -0.1) is 5.10 Å². The Kier molecular flexibility index (Phi) is 7.54. The number of nitrogens with zero attached hydrogens (tertiary/aromatic N) is 5. The van der Waals surface area contributed by atoms with E-state index in [2.05, 4.69) is 20.8 Å². The normalized spacial score (nSPS) is 11.5. The van der Waals surface area contributed by atoms with Crippen LogP contribution in [-0.2, 0) is 16.6 Å². The highest BCUT2D eigenvalue weighted by Crippen LogP contribution is 2.17. The number of amides is 1. The Morgan fingerprint density at radius 3 is 2.28 bits per heavy atom. The zero-order chi connectivity index (χ0) is 23.1. The smallest absolute Gasteiger partial charge is 0.251 e. The van der Waals surface area contributed by atoms with Crippen molar-refractivity contribution in [2.75, 3.05) is 19.7 Å². The maximum absolute atomic E-state index is 12.6. The van der Waals surface area contributed by atoms with Gasteiger partial charge < -0.3 is 10.1 Å². The maximum atomic E-state index is 12.6. The molecule has 0 unspecified atom stereocenters. The number of carbonyl (C=O) groups is 1. The first-order valence-electron chi connectivity index (χ1n) is 10.3. The van der Waals surface area contributed by atoms with E-state index in [1.54, 1.807) is 13.8 Å². The number of sulfonamides is 1. The molecule has 11 heteroatoms. The zero-order valence-electron chi connectivity index (χ0n) is 18.2. The molecule has 1 amide bonds. The maximum Gasteiger partial charge on any atom is 0.251 e. The number of hydrogen-bond acceptors (Lipinski definition) is 7. The molecule has 1 N–H and O–H groups in total. The van der Waals surface area contributed by atoms with Crippen molar-refractivity contribution < 1.29 is 17.9 Å². The molecule has 170 valence electrons. The summed E-state index contributed by atoms with van der Waals surface area (Å²) in [4.78, 5) is 12.7. The van der Waals surface area contributed by atoms with Crippen molar-refractivity contribution in [3.05, 3.63) is 59.9 Å². The Morgan fingerprint density at radius 1 is 1.03 bits per heavy atom. The quantitative estimate of drug-likeness (QED) is 0.494. The molecular formula is C21H26N6O4S. The van der Waals surface area contributed by atoms with Gasteiger partial charge in [0.25, 0.3) is 5.91 Å². The minimum Gasteiger partial charge on any atom is -0.494 e. The van der Waals surface area contributed by atoms with Crippen molar-refractivity contribution in [3.63, 3.8) is 0 Å². The number of carbonyl (C=O) groups excluding carboxylic acids is 1. The van der Waals surface area contributed by atoms with Gasteiger partial charge in [-0.05, 0) is 65.9 Å². The van der Waals surface area contributed by atoms with Crippen molar-refractivity contribution in [2.24, 2.45) is 0 Å². The first-order valence-corrected chi connectivity index (χ1v) is 11.7. The lowest BCUT2D eigenvalue weighted by molar-refractivity contribution is 0.0949. The standard InChI is InChI=1S/C21H26N6O4S/c1-4-26(5-2)32(29,30)19-13-7-16(8-14-19)21(28)22-15-20-23-24-25-27(20)17-9-11-18(12-10-17)31-6-3/h7-14H,4-6,15H2,1-3H3,(H,22,28). The SMILES string of the molecule is CCOc1ccc(-n2nnnc2CNC(=O)c2ccc(S(=O)(=O)N(CC)CC)cc2)cc1. The van der Waals surface area contributed by atoms with Crippen LogP contribution in [0.25, 0.3) is 5.69 Å². The van der Waals surface area contributed by atoms with Crippen molar-refractivity contribution in [2.45, 2.75) is 32.2 Å². The molecule has 0 radical (unpaired) electrons. The Hall–Kier alpha value is -3.31. The van der Waals surface area contributed by atoms with Gasteiger partial charge in [0.15, 0.2) is 5.82 Å². The second-order valence-electron chi connectivity index (χ2n) is 6.73. The molecule has 0 spiro atoms. The molecule has 0 fully saturated rings. The number of hydrogen-bond donors (Lipinski definition) is 1. The molecule has 10 nitrogen and oxygen atoms in total. The van der Waals surface area contributed by atoms with Crippen LogP contribution >= 0.6 is 0 Å². The predicted octanol–water partition coefficient (Wildman–Crippen LogP) is 2.02. The lowest BCUT2D eigenvalue weighted by Gasteiger charge is -2.18. The Labute approximate surface area is 187 Å². The molecule has 3 aromatic rings. The fraction of sp³-hybridized carbons (Fsp3) is 0.333. The number of benzene rings is 2. The highest BCUT2D eigenvalue weighted by atomic mass is 32.2. The van der Waals surface area contributed by atoms with Crippen LogP contribution in [-0.4, -0.2) is 58.5 Å². The summed E-state index contributed by atoms with van der Waals surface area (Å²) in [5.41, 5.74) is 1.07. The second-order valence-corrected chi connectivity index (χ2v) is 8.67. The van der Waals surface area contributed by atoms with Crippen molar-refractivity contribution in [1.29, 1.82) is 0 Å². The second kappa shape index (κ2) is 10.3. The lowest BCUT2D eigenvalue weighted by Crippen LogP contribution is -2.30. The van der Waals surface area contributed by atoms with Crippen molar-refractivity contribution in [1.82, 2.24) is 29.8 Å². The largest absolute Gasteiger partial charge is 0.494 e. The van der Waals surface area contributed by atoms with Gasteiger partial charge in [-0.3, -0.25) is 4.79 Å². The third-order valence-electron chi connectivity index (χ3n) is 4.79. The summed E-state index contributed by atoms with van der Waals surface area (Å²) in [6, 6.07) is 13.1. The van der Waals surface area contributed by atoms with E-state index in [-0.39, 0.29) is 17.3 Å².